The number of nitrogens with one attached hydrogen (secondary N) is 2. The highest BCUT2D eigenvalue weighted by atomic mass is 79.9. The van der Waals surface area contributed by atoms with Crippen LogP contribution in [0, 0.1) is 0 Å². The first-order chi connectivity index (χ1) is 17.3. The fourth-order valence-electron chi connectivity index (χ4n) is 3.85. The van der Waals surface area contributed by atoms with Crippen LogP contribution in [0.3, 0.4) is 0 Å². The maximum Gasteiger partial charge on any atom is 0.261 e. The van der Waals surface area contributed by atoms with Gasteiger partial charge in [-0.25, -0.2) is 4.98 Å². The van der Waals surface area contributed by atoms with Gasteiger partial charge in [-0.05, 0) is 76.0 Å². The van der Waals surface area contributed by atoms with Gasteiger partial charge in [-0.2, -0.15) is 0 Å². The van der Waals surface area contributed by atoms with E-state index in [2.05, 4.69) is 47.5 Å². The van der Waals surface area contributed by atoms with Gasteiger partial charge in [-0.1, -0.05) is 51.8 Å². The Morgan fingerprint density at radius 2 is 1.83 bits per heavy atom. The van der Waals surface area contributed by atoms with Crippen LogP contribution < -0.4 is 15.4 Å². The molecule has 0 saturated carbocycles. The predicted molar refractivity (Wildman–Crippen MR) is 154 cm³/mol. The summed E-state index contributed by atoms with van der Waals surface area (Å²) in [5.41, 5.74) is 3.08. The zero-order chi connectivity index (χ0) is 25.4. The summed E-state index contributed by atoms with van der Waals surface area (Å²) in [6.07, 6.45) is 0. The van der Waals surface area contributed by atoms with Crippen molar-refractivity contribution < 1.29 is 13.9 Å². The number of thiocarbonyl (C=S) groups is 1. The number of benzene rings is 4. The van der Waals surface area contributed by atoms with Gasteiger partial charge in [0.05, 0.1) is 17.1 Å². The molecule has 6 nitrogen and oxygen atoms in total. The van der Waals surface area contributed by atoms with Crippen LogP contribution >= 0.6 is 55.7 Å². The lowest BCUT2D eigenvalue weighted by Gasteiger charge is -2.13. The van der Waals surface area contributed by atoms with Gasteiger partial charge in [0.25, 0.3) is 5.91 Å². The predicted octanol–water partition coefficient (Wildman–Crippen LogP) is 7.96. The summed E-state index contributed by atoms with van der Waals surface area (Å²) in [6, 6.07) is 20.4. The lowest BCUT2D eigenvalue weighted by molar-refractivity contribution is 0.0974. The Morgan fingerprint density at radius 3 is 2.64 bits per heavy atom. The molecule has 5 rings (SSSR count). The standard InChI is InChI=1S/C26H16Br2ClN3O3S/c1-34-23-18(10-13(27)11-19(23)28)24(33)32-26(36)30-14-8-9-22-21(12-14)31-25(35-22)17-6-2-5-16-15(17)4-3-7-20(16)29/h2-12H,1H3,(H2,30,32,33,36). The lowest BCUT2D eigenvalue weighted by Crippen LogP contribution is -2.34. The lowest BCUT2D eigenvalue weighted by atomic mass is 10.0. The van der Waals surface area contributed by atoms with E-state index in [4.69, 9.17) is 33.0 Å². The van der Waals surface area contributed by atoms with Crippen molar-refractivity contribution in [2.24, 2.45) is 0 Å². The van der Waals surface area contributed by atoms with Gasteiger partial charge in [-0.15, -0.1) is 0 Å². The molecular weight excluding hydrogens is 630 g/mol. The van der Waals surface area contributed by atoms with Gasteiger partial charge in [0.2, 0.25) is 5.89 Å². The second-order valence-corrected chi connectivity index (χ2v) is 10.3. The van der Waals surface area contributed by atoms with Gasteiger partial charge >= 0.3 is 0 Å². The molecule has 0 aliphatic heterocycles. The van der Waals surface area contributed by atoms with E-state index in [1.165, 1.54) is 7.11 Å². The van der Waals surface area contributed by atoms with Gasteiger partial charge in [0.1, 0.15) is 11.3 Å². The van der Waals surface area contributed by atoms with E-state index in [-0.39, 0.29) is 5.11 Å². The third-order valence-electron chi connectivity index (χ3n) is 5.43. The number of carbonyl (C=O) groups excluding carboxylic acids is 1. The molecule has 0 atom stereocenters. The molecule has 10 heteroatoms. The van der Waals surface area contributed by atoms with Crippen molar-refractivity contribution in [3.63, 3.8) is 0 Å². The van der Waals surface area contributed by atoms with Crippen LogP contribution in [0.15, 0.2) is 80.1 Å². The van der Waals surface area contributed by atoms with Gasteiger partial charge < -0.3 is 14.5 Å². The first-order valence-corrected chi connectivity index (χ1v) is 12.9. The number of fused-ring (bicyclic) bond motifs is 2. The minimum absolute atomic E-state index is 0.130. The molecule has 1 aromatic heterocycles. The highest BCUT2D eigenvalue weighted by Crippen LogP contribution is 2.34. The van der Waals surface area contributed by atoms with E-state index in [9.17, 15) is 4.79 Å². The number of hydrogen-bond acceptors (Lipinski definition) is 5. The molecule has 36 heavy (non-hydrogen) atoms. The van der Waals surface area contributed by atoms with Crippen molar-refractivity contribution in [3.8, 4) is 17.2 Å². The van der Waals surface area contributed by atoms with Crippen molar-refractivity contribution in [3.05, 3.63) is 86.3 Å². The number of anilines is 1. The van der Waals surface area contributed by atoms with Crippen LogP contribution in [0.25, 0.3) is 33.3 Å². The van der Waals surface area contributed by atoms with Gasteiger partial charge in [0.15, 0.2) is 10.7 Å². The minimum atomic E-state index is -0.411. The molecule has 5 aromatic rings. The molecule has 0 saturated heterocycles. The molecule has 180 valence electrons. The number of methoxy groups -OCH3 is 1. The number of halogens is 3. The highest BCUT2D eigenvalue weighted by Gasteiger charge is 2.18. The second kappa shape index (κ2) is 10.2. The van der Waals surface area contributed by atoms with Crippen LogP contribution in [-0.4, -0.2) is 23.1 Å². The average Bonchev–Trinajstić information content (AvgIpc) is 3.26. The fraction of sp³-hybridized carbons (Fsp3) is 0.0385. The third-order valence-corrected chi connectivity index (χ3v) is 7.01. The largest absolute Gasteiger partial charge is 0.495 e. The molecule has 0 radical (unpaired) electrons. The topological polar surface area (TPSA) is 76.4 Å². The van der Waals surface area contributed by atoms with Crippen LogP contribution in [0.5, 0.6) is 5.75 Å². The van der Waals surface area contributed by atoms with E-state index in [1.54, 1.807) is 30.3 Å². The third kappa shape index (κ3) is 4.84. The molecule has 0 fully saturated rings. The molecule has 0 aliphatic carbocycles. The van der Waals surface area contributed by atoms with E-state index in [0.717, 1.165) is 20.8 Å². The molecule has 0 aliphatic rings. The monoisotopic (exact) mass is 643 g/mol. The first-order valence-electron chi connectivity index (χ1n) is 10.6. The molecule has 1 amide bonds. The Labute approximate surface area is 233 Å². The summed E-state index contributed by atoms with van der Waals surface area (Å²) >= 11 is 18.5. The van der Waals surface area contributed by atoms with Gasteiger partial charge in [-0.3, -0.25) is 10.1 Å². The van der Waals surface area contributed by atoms with E-state index < -0.39 is 5.91 Å². The molecule has 0 unspecified atom stereocenters. The molecule has 0 bridgehead atoms. The number of oxazole rings is 1. The number of nitrogens with zero attached hydrogens (tertiary/aromatic N) is 1. The smallest absolute Gasteiger partial charge is 0.261 e. The van der Waals surface area contributed by atoms with Crippen molar-refractivity contribution in [1.29, 1.82) is 0 Å². The van der Waals surface area contributed by atoms with Crippen LogP contribution in [0.4, 0.5) is 5.69 Å². The Morgan fingerprint density at radius 1 is 1.06 bits per heavy atom. The summed E-state index contributed by atoms with van der Waals surface area (Å²) in [5, 5.41) is 8.38. The highest BCUT2D eigenvalue weighted by molar-refractivity contribution is 9.11. The number of carbonyl (C=O) groups is 1. The number of aromatic nitrogens is 1. The number of hydrogen-bond donors (Lipinski definition) is 2. The van der Waals surface area contributed by atoms with Crippen LogP contribution in [0.1, 0.15) is 10.4 Å². The maximum atomic E-state index is 12.8. The van der Waals surface area contributed by atoms with Crippen molar-refractivity contribution in [1.82, 2.24) is 10.3 Å². The summed E-state index contributed by atoms with van der Waals surface area (Å²) in [5.74, 6) is 0.480. The Hall–Kier alpha value is -2.98. The molecule has 1 heterocycles. The second-order valence-electron chi connectivity index (χ2n) is 7.72. The quantitative estimate of drug-likeness (QED) is 0.193. The summed E-state index contributed by atoms with van der Waals surface area (Å²) in [4.78, 5) is 17.5. The molecule has 0 spiro atoms. The number of ether oxygens (including phenoxy) is 1. The zero-order valence-corrected chi connectivity index (χ0v) is 23.3. The summed E-state index contributed by atoms with van der Waals surface area (Å²) < 4.78 is 12.7. The first kappa shape index (κ1) is 24.7. The van der Waals surface area contributed by atoms with E-state index in [1.807, 2.05) is 36.4 Å². The molecule has 2 N–H and O–H groups in total. The fourth-order valence-corrected chi connectivity index (χ4v) is 5.68. The molecule has 4 aromatic carbocycles. The van der Waals surface area contributed by atoms with Crippen LogP contribution in [0.2, 0.25) is 5.02 Å². The van der Waals surface area contributed by atoms with Crippen molar-refractivity contribution in [2.75, 3.05) is 12.4 Å². The molecular formula is C26H16Br2ClN3O3S. The Bertz CT molecular complexity index is 1670. The number of amides is 1. The Balaban J connectivity index is 1.38. The summed E-state index contributed by atoms with van der Waals surface area (Å²) in [7, 11) is 1.50. The van der Waals surface area contributed by atoms with E-state index >= 15 is 0 Å². The van der Waals surface area contributed by atoms with Crippen LogP contribution in [-0.2, 0) is 0 Å². The van der Waals surface area contributed by atoms with Crippen molar-refractivity contribution >= 4 is 94.3 Å². The SMILES string of the molecule is COc1c(Br)cc(Br)cc1C(=O)NC(=S)Nc1ccc2oc(-c3cccc4c(Cl)cccc34)nc2c1. The van der Waals surface area contributed by atoms with Gasteiger partial charge in [0, 0.05) is 26.1 Å². The maximum absolute atomic E-state index is 12.8. The number of rotatable bonds is 4. The Kier molecular flexibility index (Phi) is 6.98. The van der Waals surface area contributed by atoms with Crippen molar-refractivity contribution in [2.45, 2.75) is 0 Å². The normalized spacial score (nSPS) is 11.0. The zero-order valence-electron chi connectivity index (χ0n) is 18.6. The summed E-state index contributed by atoms with van der Waals surface area (Å²) in [6.45, 7) is 0. The minimum Gasteiger partial charge on any atom is -0.495 e. The van der Waals surface area contributed by atoms with E-state index in [0.29, 0.717) is 43.5 Å². The average molecular weight is 646 g/mol.